The van der Waals surface area contributed by atoms with Gasteiger partial charge in [0, 0.05) is 18.4 Å². The summed E-state index contributed by atoms with van der Waals surface area (Å²) in [5.41, 5.74) is 3.08. The van der Waals surface area contributed by atoms with Crippen molar-refractivity contribution in [3.63, 3.8) is 0 Å². The van der Waals surface area contributed by atoms with Gasteiger partial charge in [0.05, 0.1) is 0 Å². The van der Waals surface area contributed by atoms with Gasteiger partial charge in [-0.25, -0.2) is 0 Å². The molecule has 0 fully saturated rings. The SMILES string of the molecule is CC(=O)CCCCCCC(=O)c1ccc(-c2ccccc2)cc1. The highest BCUT2D eigenvalue weighted by Gasteiger charge is 2.06. The van der Waals surface area contributed by atoms with E-state index in [1.807, 2.05) is 42.5 Å². The third-order valence-corrected chi connectivity index (χ3v) is 4.00. The highest BCUT2D eigenvalue weighted by atomic mass is 16.1. The summed E-state index contributed by atoms with van der Waals surface area (Å²) in [5, 5.41) is 0. The van der Waals surface area contributed by atoms with Crippen LogP contribution in [0, 0.1) is 0 Å². The maximum Gasteiger partial charge on any atom is 0.162 e. The van der Waals surface area contributed by atoms with E-state index in [0.717, 1.165) is 42.4 Å². The van der Waals surface area contributed by atoms with E-state index in [9.17, 15) is 9.59 Å². The first-order valence-corrected chi connectivity index (χ1v) is 8.35. The number of hydrogen-bond acceptors (Lipinski definition) is 2. The molecule has 0 heterocycles. The molecule has 0 bridgehead atoms. The molecule has 0 unspecified atom stereocenters. The van der Waals surface area contributed by atoms with Crippen LogP contribution in [0.3, 0.4) is 0 Å². The van der Waals surface area contributed by atoms with E-state index in [1.54, 1.807) is 6.92 Å². The molecule has 2 nitrogen and oxygen atoms in total. The van der Waals surface area contributed by atoms with Gasteiger partial charge in [0.15, 0.2) is 5.78 Å². The average molecular weight is 308 g/mol. The lowest BCUT2D eigenvalue weighted by Crippen LogP contribution is -1.99. The van der Waals surface area contributed by atoms with E-state index in [2.05, 4.69) is 12.1 Å². The number of ketones is 2. The zero-order valence-corrected chi connectivity index (χ0v) is 13.8. The molecule has 0 spiro atoms. The Kier molecular flexibility index (Phi) is 6.74. The zero-order valence-electron chi connectivity index (χ0n) is 13.8. The summed E-state index contributed by atoms with van der Waals surface area (Å²) in [7, 11) is 0. The second kappa shape index (κ2) is 9.04. The molecule has 0 saturated heterocycles. The summed E-state index contributed by atoms with van der Waals surface area (Å²) < 4.78 is 0. The smallest absolute Gasteiger partial charge is 0.162 e. The van der Waals surface area contributed by atoms with Crippen molar-refractivity contribution in [2.45, 2.75) is 45.4 Å². The van der Waals surface area contributed by atoms with E-state index in [1.165, 1.54) is 0 Å². The van der Waals surface area contributed by atoms with Crippen molar-refractivity contribution in [3.05, 3.63) is 60.2 Å². The molecule has 0 amide bonds. The normalized spacial score (nSPS) is 10.5. The first kappa shape index (κ1) is 17.1. The van der Waals surface area contributed by atoms with Gasteiger partial charge in [-0.15, -0.1) is 0 Å². The van der Waals surface area contributed by atoms with E-state index in [0.29, 0.717) is 12.8 Å². The second-order valence-electron chi connectivity index (χ2n) is 5.98. The summed E-state index contributed by atoms with van der Waals surface area (Å²) in [6, 6.07) is 18.0. The molecular weight excluding hydrogens is 284 g/mol. The Morgan fingerprint density at radius 3 is 1.87 bits per heavy atom. The summed E-state index contributed by atoms with van der Waals surface area (Å²) >= 11 is 0. The van der Waals surface area contributed by atoms with Crippen LogP contribution < -0.4 is 0 Å². The molecule has 2 aromatic rings. The molecule has 0 saturated carbocycles. The number of carbonyl (C=O) groups excluding carboxylic acids is 2. The van der Waals surface area contributed by atoms with Gasteiger partial charge in [-0.2, -0.15) is 0 Å². The van der Waals surface area contributed by atoms with Gasteiger partial charge < -0.3 is 4.79 Å². The lowest BCUT2D eigenvalue weighted by Gasteiger charge is -2.04. The number of benzene rings is 2. The summed E-state index contributed by atoms with van der Waals surface area (Å²) in [6.07, 6.45) is 5.13. The van der Waals surface area contributed by atoms with Crippen molar-refractivity contribution in [3.8, 4) is 11.1 Å². The van der Waals surface area contributed by atoms with Gasteiger partial charge >= 0.3 is 0 Å². The molecule has 120 valence electrons. The fraction of sp³-hybridized carbons (Fsp3) is 0.333. The molecule has 0 radical (unpaired) electrons. The monoisotopic (exact) mass is 308 g/mol. The third-order valence-electron chi connectivity index (χ3n) is 4.00. The molecule has 0 aromatic heterocycles. The minimum absolute atomic E-state index is 0.205. The fourth-order valence-electron chi connectivity index (χ4n) is 2.64. The van der Waals surface area contributed by atoms with Crippen LogP contribution in [0.1, 0.15) is 55.8 Å². The summed E-state index contributed by atoms with van der Waals surface area (Å²) in [4.78, 5) is 23.0. The minimum atomic E-state index is 0.205. The quantitative estimate of drug-likeness (QED) is 0.455. The molecule has 0 atom stereocenters. The van der Waals surface area contributed by atoms with Crippen LogP contribution in [0.15, 0.2) is 54.6 Å². The van der Waals surface area contributed by atoms with Gasteiger partial charge in [0.2, 0.25) is 0 Å². The Morgan fingerprint density at radius 2 is 1.26 bits per heavy atom. The molecule has 23 heavy (non-hydrogen) atoms. The van der Waals surface area contributed by atoms with Crippen LogP contribution in [0.25, 0.3) is 11.1 Å². The highest BCUT2D eigenvalue weighted by Crippen LogP contribution is 2.20. The molecule has 0 N–H and O–H groups in total. The number of unbranched alkanes of at least 4 members (excludes halogenated alkanes) is 3. The number of hydrogen-bond donors (Lipinski definition) is 0. The first-order chi connectivity index (χ1) is 11.2. The van der Waals surface area contributed by atoms with Crippen molar-refractivity contribution in [2.24, 2.45) is 0 Å². The van der Waals surface area contributed by atoms with Crippen LogP contribution in [-0.4, -0.2) is 11.6 Å². The van der Waals surface area contributed by atoms with Gasteiger partial charge in [-0.3, -0.25) is 4.79 Å². The number of rotatable bonds is 9. The Bertz CT molecular complexity index is 627. The van der Waals surface area contributed by atoms with Crippen LogP contribution in [0.5, 0.6) is 0 Å². The highest BCUT2D eigenvalue weighted by molar-refractivity contribution is 5.96. The molecule has 0 aliphatic rings. The van der Waals surface area contributed by atoms with Gasteiger partial charge in [0.25, 0.3) is 0 Å². The van der Waals surface area contributed by atoms with Crippen molar-refractivity contribution < 1.29 is 9.59 Å². The molecular formula is C21H24O2. The first-order valence-electron chi connectivity index (χ1n) is 8.35. The van der Waals surface area contributed by atoms with Gasteiger partial charge in [0.1, 0.15) is 5.78 Å². The lowest BCUT2D eigenvalue weighted by atomic mass is 10.00. The van der Waals surface area contributed by atoms with E-state index < -0.39 is 0 Å². The molecule has 0 aliphatic heterocycles. The molecule has 2 aromatic carbocycles. The van der Waals surface area contributed by atoms with Gasteiger partial charge in [-0.05, 0) is 30.9 Å². The standard InChI is InChI=1S/C21H24O2/c1-17(22)9-5-2-3-8-12-21(23)20-15-13-19(14-16-20)18-10-6-4-7-11-18/h4,6-7,10-11,13-16H,2-3,5,8-9,12H2,1H3. The zero-order chi connectivity index (χ0) is 16.5. The average Bonchev–Trinajstić information content (AvgIpc) is 2.58. The number of Topliss-reactive ketones (excluding diaryl/α,β-unsaturated/α-hetero) is 2. The van der Waals surface area contributed by atoms with Crippen LogP contribution in [0.2, 0.25) is 0 Å². The third kappa shape index (κ3) is 5.82. The Hall–Kier alpha value is -2.22. The van der Waals surface area contributed by atoms with E-state index in [4.69, 9.17) is 0 Å². The minimum Gasteiger partial charge on any atom is -0.300 e. The summed E-state index contributed by atoms with van der Waals surface area (Å²) in [6.45, 7) is 1.63. The fourth-order valence-corrected chi connectivity index (χ4v) is 2.64. The molecule has 0 aliphatic carbocycles. The van der Waals surface area contributed by atoms with Crippen molar-refractivity contribution in [1.29, 1.82) is 0 Å². The van der Waals surface area contributed by atoms with Crippen molar-refractivity contribution in [1.82, 2.24) is 0 Å². The Balaban J connectivity index is 1.78. The maximum atomic E-state index is 12.2. The second-order valence-corrected chi connectivity index (χ2v) is 5.98. The molecule has 2 heteroatoms. The van der Waals surface area contributed by atoms with Crippen LogP contribution >= 0.6 is 0 Å². The van der Waals surface area contributed by atoms with Crippen molar-refractivity contribution >= 4 is 11.6 Å². The van der Waals surface area contributed by atoms with Crippen LogP contribution in [-0.2, 0) is 4.79 Å². The predicted octanol–water partition coefficient (Wildman–Crippen LogP) is 5.47. The van der Waals surface area contributed by atoms with E-state index >= 15 is 0 Å². The lowest BCUT2D eigenvalue weighted by molar-refractivity contribution is -0.117. The predicted molar refractivity (Wildman–Crippen MR) is 94.6 cm³/mol. The largest absolute Gasteiger partial charge is 0.300 e. The maximum absolute atomic E-state index is 12.2. The van der Waals surface area contributed by atoms with Crippen LogP contribution in [0.4, 0.5) is 0 Å². The van der Waals surface area contributed by atoms with E-state index in [-0.39, 0.29) is 11.6 Å². The molecule has 2 rings (SSSR count). The topological polar surface area (TPSA) is 34.1 Å². The Labute approximate surface area is 138 Å². The Morgan fingerprint density at radius 1 is 0.696 bits per heavy atom. The van der Waals surface area contributed by atoms with Gasteiger partial charge in [-0.1, -0.05) is 67.4 Å². The summed E-state index contributed by atoms with van der Waals surface area (Å²) in [5.74, 6) is 0.454. The number of carbonyl (C=O) groups is 2. The van der Waals surface area contributed by atoms with Crippen molar-refractivity contribution in [2.75, 3.05) is 0 Å².